The van der Waals surface area contributed by atoms with Gasteiger partial charge in [0.1, 0.15) is 0 Å². The van der Waals surface area contributed by atoms with E-state index in [-0.39, 0.29) is 0 Å². The van der Waals surface area contributed by atoms with Gasteiger partial charge in [-0.2, -0.15) is 13.2 Å². The Labute approximate surface area is 81.4 Å². The number of hydrogen-bond acceptors (Lipinski definition) is 2. The third-order valence-corrected chi connectivity index (χ3v) is 1.66. The molecule has 7 heteroatoms. The molecule has 1 unspecified atom stereocenters. The van der Waals surface area contributed by atoms with Crippen LogP contribution in [0.3, 0.4) is 0 Å². The summed E-state index contributed by atoms with van der Waals surface area (Å²) in [6, 6.07) is 1.55. The Hall–Kier alpha value is -1.24. The van der Waals surface area contributed by atoms with Crippen LogP contribution in [0.25, 0.3) is 0 Å². The van der Waals surface area contributed by atoms with E-state index >= 15 is 0 Å². The van der Waals surface area contributed by atoms with Gasteiger partial charge in [-0.25, -0.2) is 8.78 Å². The van der Waals surface area contributed by atoms with Crippen molar-refractivity contribution in [3.8, 4) is 0 Å². The molecule has 1 aromatic rings. The molecule has 0 spiro atoms. The summed E-state index contributed by atoms with van der Waals surface area (Å²) in [6.07, 6.45) is -9.72. The molecule has 84 valence electrons. The zero-order chi connectivity index (χ0) is 11.6. The van der Waals surface area contributed by atoms with Gasteiger partial charge in [0.05, 0.1) is 11.3 Å². The first kappa shape index (κ1) is 11.8. The minimum atomic E-state index is -4.81. The molecule has 1 heterocycles. The number of hydrogen-bond donors (Lipinski definition) is 1. The van der Waals surface area contributed by atoms with Crippen molar-refractivity contribution in [2.24, 2.45) is 0 Å². The highest BCUT2D eigenvalue weighted by Crippen LogP contribution is 2.34. The van der Waals surface area contributed by atoms with E-state index in [1.165, 1.54) is 0 Å². The molecule has 0 aliphatic carbocycles. The fourth-order valence-corrected chi connectivity index (χ4v) is 1.01. The van der Waals surface area contributed by atoms with E-state index in [0.717, 1.165) is 12.3 Å². The monoisotopic (exact) mass is 227 g/mol. The van der Waals surface area contributed by atoms with Gasteiger partial charge in [0.2, 0.25) is 0 Å². The molecule has 0 fully saturated rings. The number of aliphatic hydroxyl groups excluding tert-OH is 1. The molecule has 1 atom stereocenters. The highest BCUT2D eigenvalue weighted by atomic mass is 19.4. The summed E-state index contributed by atoms with van der Waals surface area (Å²) in [4.78, 5) is 3.12. The van der Waals surface area contributed by atoms with Gasteiger partial charge in [-0.05, 0) is 12.1 Å². The zero-order valence-corrected chi connectivity index (χ0v) is 7.17. The van der Waals surface area contributed by atoms with Gasteiger partial charge in [-0.15, -0.1) is 0 Å². The molecule has 0 saturated heterocycles. The van der Waals surface area contributed by atoms with Gasteiger partial charge in [0.15, 0.2) is 6.10 Å². The van der Waals surface area contributed by atoms with E-state index in [4.69, 9.17) is 5.11 Å². The van der Waals surface area contributed by atoms with Gasteiger partial charge < -0.3 is 5.11 Å². The van der Waals surface area contributed by atoms with Crippen LogP contribution in [0.5, 0.6) is 0 Å². The first-order chi connectivity index (χ1) is 6.84. The highest BCUT2D eigenvalue weighted by Gasteiger charge is 2.37. The molecule has 0 radical (unpaired) electrons. The van der Waals surface area contributed by atoms with Crippen LogP contribution in [-0.4, -0.2) is 16.5 Å². The molecular weight excluding hydrogens is 221 g/mol. The average Bonchev–Trinajstić information content (AvgIpc) is 2.15. The second-order valence-corrected chi connectivity index (χ2v) is 2.71. The molecule has 0 aromatic carbocycles. The van der Waals surface area contributed by atoms with Gasteiger partial charge >= 0.3 is 6.18 Å². The van der Waals surface area contributed by atoms with Crippen molar-refractivity contribution in [2.45, 2.75) is 18.7 Å². The van der Waals surface area contributed by atoms with Crippen LogP contribution in [0.1, 0.15) is 17.4 Å². The Morgan fingerprint density at radius 3 is 2.33 bits per heavy atom. The van der Waals surface area contributed by atoms with Gasteiger partial charge in [0, 0.05) is 6.20 Å². The smallest absolute Gasteiger partial charge is 0.381 e. The summed E-state index contributed by atoms with van der Waals surface area (Å²) in [7, 11) is 0. The van der Waals surface area contributed by atoms with Gasteiger partial charge in [-0.3, -0.25) is 4.98 Å². The van der Waals surface area contributed by atoms with E-state index < -0.39 is 30.0 Å². The maximum atomic E-state index is 12.3. The predicted molar refractivity (Wildman–Crippen MR) is 40.2 cm³/mol. The van der Waals surface area contributed by atoms with Crippen molar-refractivity contribution >= 4 is 0 Å². The number of nitrogens with zero attached hydrogens (tertiary/aromatic N) is 1. The van der Waals surface area contributed by atoms with Crippen LogP contribution in [-0.2, 0) is 6.18 Å². The van der Waals surface area contributed by atoms with Crippen molar-refractivity contribution in [1.29, 1.82) is 0 Å². The summed E-state index contributed by atoms with van der Waals surface area (Å²) in [6.45, 7) is 0. The fourth-order valence-electron chi connectivity index (χ4n) is 1.01. The Morgan fingerprint density at radius 1 is 1.27 bits per heavy atom. The maximum absolute atomic E-state index is 12.3. The summed E-state index contributed by atoms with van der Waals surface area (Å²) >= 11 is 0. The Balaban J connectivity index is 3.18. The standard InChI is InChI=1S/C8H6F5NO/c9-7(10)6(15)5-4(8(11,12)13)2-1-3-14-5/h1-3,6-7,15H. The van der Waals surface area contributed by atoms with E-state index in [9.17, 15) is 22.0 Å². The lowest BCUT2D eigenvalue weighted by Gasteiger charge is -2.15. The van der Waals surface area contributed by atoms with Crippen LogP contribution in [0.4, 0.5) is 22.0 Å². The molecule has 0 aliphatic heterocycles. The molecule has 0 saturated carbocycles. The number of halogens is 5. The molecule has 15 heavy (non-hydrogen) atoms. The van der Waals surface area contributed by atoms with E-state index in [1.807, 2.05) is 0 Å². The third-order valence-electron chi connectivity index (χ3n) is 1.66. The largest absolute Gasteiger partial charge is 0.418 e. The lowest BCUT2D eigenvalue weighted by atomic mass is 10.1. The van der Waals surface area contributed by atoms with Gasteiger partial charge in [0.25, 0.3) is 6.43 Å². The molecule has 0 amide bonds. The number of aliphatic hydroxyl groups is 1. The number of aromatic nitrogens is 1. The van der Waals surface area contributed by atoms with E-state index in [0.29, 0.717) is 6.07 Å². The van der Waals surface area contributed by atoms with Crippen LogP contribution in [0, 0.1) is 0 Å². The molecule has 1 rings (SSSR count). The molecule has 2 nitrogen and oxygen atoms in total. The average molecular weight is 227 g/mol. The second kappa shape index (κ2) is 4.09. The first-order valence-electron chi connectivity index (χ1n) is 3.82. The molecule has 0 aliphatic rings. The van der Waals surface area contributed by atoms with Crippen molar-refractivity contribution < 1.29 is 27.1 Å². The zero-order valence-electron chi connectivity index (χ0n) is 7.17. The van der Waals surface area contributed by atoms with Crippen molar-refractivity contribution in [3.05, 3.63) is 29.6 Å². The quantitative estimate of drug-likeness (QED) is 0.787. The Bertz CT molecular complexity index is 338. The fraction of sp³-hybridized carbons (Fsp3) is 0.375. The first-order valence-corrected chi connectivity index (χ1v) is 3.82. The van der Waals surface area contributed by atoms with E-state index in [2.05, 4.69) is 4.98 Å². The van der Waals surface area contributed by atoms with E-state index in [1.54, 1.807) is 0 Å². The second-order valence-electron chi connectivity index (χ2n) is 2.71. The minimum Gasteiger partial charge on any atom is -0.381 e. The predicted octanol–water partition coefficient (Wildman–Crippen LogP) is 2.40. The summed E-state index contributed by atoms with van der Waals surface area (Å²) < 4.78 is 60.9. The Morgan fingerprint density at radius 2 is 1.87 bits per heavy atom. The van der Waals surface area contributed by atoms with Crippen molar-refractivity contribution in [3.63, 3.8) is 0 Å². The normalized spacial score (nSPS) is 14.3. The van der Waals surface area contributed by atoms with Crippen LogP contribution >= 0.6 is 0 Å². The van der Waals surface area contributed by atoms with Crippen LogP contribution in [0.15, 0.2) is 18.3 Å². The minimum absolute atomic E-state index is 0.591. The SMILES string of the molecule is OC(c1ncccc1C(F)(F)F)C(F)F. The van der Waals surface area contributed by atoms with Crippen LogP contribution in [0.2, 0.25) is 0 Å². The lowest BCUT2D eigenvalue weighted by Crippen LogP contribution is -2.17. The third kappa shape index (κ3) is 2.62. The number of pyridine rings is 1. The van der Waals surface area contributed by atoms with Crippen molar-refractivity contribution in [2.75, 3.05) is 0 Å². The van der Waals surface area contributed by atoms with Gasteiger partial charge in [-0.1, -0.05) is 0 Å². The maximum Gasteiger partial charge on any atom is 0.418 e. The summed E-state index contributed by atoms with van der Waals surface area (Å²) in [5.74, 6) is 0. The molecule has 1 aromatic heterocycles. The topological polar surface area (TPSA) is 33.1 Å². The summed E-state index contributed by atoms with van der Waals surface area (Å²) in [5.41, 5.74) is -2.40. The number of alkyl halides is 5. The highest BCUT2D eigenvalue weighted by molar-refractivity contribution is 5.25. The molecule has 0 bridgehead atoms. The lowest BCUT2D eigenvalue weighted by molar-refractivity contribution is -0.140. The van der Waals surface area contributed by atoms with Crippen molar-refractivity contribution in [1.82, 2.24) is 4.98 Å². The Kier molecular flexibility index (Phi) is 3.23. The molecule has 1 N–H and O–H groups in total. The van der Waals surface area contributed by atoms with Crippen LogP contribution < -0.4 is 0 Å². The summed E-state index contributed by atoms with van der Waals surface area (Å²) in [5, 5.41) is 8.83. The number of rotatable bonds is 2. The molecular formula is C8H6F5NO.